The van der Waals surface area contributed by atoms with Crippen molar-refractivity contribution in [1.29, 1.82) is 0 Å². The van der Waals surface area contributed by atoms with Crippen LogP contribution in [0, 0.1) is 0 Å². The summed E-state index contributed by atoms with van der Waals surface area (Å²) in [6.07, 6.45) is 1.59. The standard InChI is InChI=1S/C21H12Cl2N2O2S3/c22-13-1-5-15(6-2-13)25-19(27)17(18(26)24-21(25)28)11-12-9-10-29-20(12)30-16-7-3-14(23)4-8-16/h1-11H,(H,24,26,28)/b17-11+. The number of anilines is 1. The first-order valence-electron chi connectivity index (χ1n) is 8.60. The minimum Gasteiger partial charge on any atom is -0.298 e. The highest BCUT2D eigenvalue weighted by molar-refractivity contribution is 8.01. The van der Waals surface area contributed by atoms with Gasteiger partial charge in [0, 0.05) is 20.5 Å². The SMILES string of the molecule is O=C1NC(=S)N(c2ccc(Cl)cc2)C(=O)/C1=C/c1ccsc1Sc1ccc(Cl)cc1. The average molecular weight is 491 g/mol. The van der Waals surface area contributed by atoms with Crippen molar-refractivity contribution >= 4 is 87.2 Å². The Morgan fingerprint density at radius 3 is 2.27 bits per heavy atom. The van der Waals surface area contributed by atoms with E-state index < -0.39 is 11.8 Å². The quantitative estimate of drug-likeness (QED) is 0.275. The molecule has 1 N–H and O–H groups in total. The first kappa shape index (κ1) is 21.1. The minimum absolute atomic E-state index is 0.00917. The fourth-order valence-electron chi connectivity index (χ4n) is 2.74. The van der Waals surface area contributed by atoms with Gasteiger partial charge in [-0.3, -0.25) is 19.8 Å². The van der Waals surface area contributed by atoms with E-state index in [0.717, 1.165) is 14.7 Å². The van der Waals surface area contributed by atoms with E-state index in [1.54, 1.807) is 30.3 Å². The van der Waals surface area contributed by atoms with E-state index in [2.05, 4.69) is 5.32 Å². The van der Waals surface area contributed by atoms with Gasteiger partial charge in [0.15, 0.2) is 5.11 Å². The lowest BCUT2D eigenvalue weighted by Gasteiger charge is -2.28. The van der Waals surface area contributed by atoms with Crippen molar-refractivity contribution in [2.45, 2.75) is 9.10 Å². The molecule has 1 aromatic heterocycles. The predicted molar refractivity (Wildman–Crippen MR) is 128 cm³/mol. The van der Waals surface area contributed by atoms with Gasteiger partial charge in [-0.2, -0.15) is 0 Å². The van der Waals surface area contributed by atoms with Gasteiger partial charge in [-0.05, 0) is 78.3 Å². The largest absolute Gasteiger partial charge is 0.298 e. The average Bonchev–Trinajstić information content (AvgIpc) is 3.15. The van der Waals surface area contributed by atoms with Gasteiger partial charge < -0.3 is 0 Å². The molecular weight excluding hydrogens is 479 g/mol. The first-order valence-corrected chi connectivity index (χ1v) is 11.5. The molecule has 4 nitrogen and oxygen atoms in total. The molecule has 0 bridgehead atoms. The van der Waals surface area contributed by atoms with Crippen LogP contribution >= 0.6 is 58.5 Å². The molecule has 2 amide bonds. The summed E-state index contributed by atoms with van der Waals surface area (Å²) in [6.45, 7) is 0. The molecule has 3 aromatic rings. The van der Waals surface area contributed by atoms with Crippen molar-refractivity contribution in [2.75, 3.05) is 4.90 Å². The monoisotopic (exact) mass is 490 g/mol. The number of nitrogens with zero attached hydrogens (tertiary/aromatic N) is 1. The third-order valence-corrected chi connectivity index (χ3v) is 7.15. The third kappa shape index (κ3) is 4.45. The van der Waals surface area contributed by atoms with E-state index in [1.807, 2.05) is 35.7 Å². The molecule has 2 heterocycles. The molecule has 1 aliphatic heterocycles. The van der Waals surface area contributed by atoms with Crippen LogP contribution in [0.2, 0.25) is 10.0 Å². The Bertz CT molecular complexity index is 1170. The van der Waals surface area contributed by atoms with Gasteiger partial charge in [0.25, 0.3) is 11.8 Å². The summed E-state index contributed by atoms with van der Waals surface area (Å²) < 4.78 is 0.955. The molecule has 1 fully saturated rings. The topological polar surface area (TPSA) is 49.4 Å². The third-order valence-electron chi connectivity index (χ3n) is 4.17. The first-order chi connectivity index (χ1) is 14.4. The number of hydrogen-bond acceptors (Lipinski definition) is 5. The summed E-state index contributed by atoms with van der Waals surface area (Å²) in [5.74, 6) is -1.01. The zero-order valence-corrected chi connectivity index (χ0v) is 19.1. The summed E-state index contributed by atoms with van der Waals surface area (Å²) in [4.78, 5) is 27.9. The number of hydrogen-bond donors (Lipinski definition) is 1. The van der Waals surface area contributed by atoms with Crippen molar-refractivity contribution in [1.82, 2.24) is 5.32 Å². The molecule has 0 aliphatic carbocycles. The molecule has 0 spiro atoms. The highest BCUT2D eigenvalue weighted by Gasteiger charge is 2.34. The predicted octanol–water partition coefficient (Wildman–Crippen LogP) is 6.04. The van der Waals surface area contributed by atoms with Crippen LogP contribution in [0.5, 0.6) is 0 Å². The zero-order valence-electron chi connectivity index (χ0n) is 15.1. The Morgan fingerprint density at radius 2 is 1.60 bits per heavy atom. The van der Waals surface area contributed by atoms with E-state index in [9.17, 15) is 9.59 Å². The van der Waals surface area contributed by atoms with Crippen LogP contribution < -0.4 is 10.2 Å². The molecule has 150 valence electrons. The normalized spacial score (nSPS) is 15.6. The Labute approximate surface area is 196 Å². The lowest BCUT2D eigenvalue weighted by atomic mass is 10.1. The van der Waals surface area contributed by atoms with E-state index in [0.29, 0.717) is 15.7 Å². The van der Waals surface area contributed by atoms with Gasteiger partial charge >= 0.3 is 0 Å². The number of benzene rings is 2. The molecule has 4 rings (SSSR count). The van der Waals surface area contributed by atoms with Crippen molar-refractivity contribution < 1.29 is 9.59 Å². The summed E-state index contributed by atoms with van der Waals surface area (Å²) >= 11 is 20.2. The second kappa shape index (κ2) is 8.91. The molecule has 0 unspecified atom stereocenters. The van der Waals surface area contributed by atoms with Crippen LogP contribution in [0.25, 0.3) is 6.08 Å². The van der Waals surface area contributed by atoms with Gasteiger partial charge in [0.05, 0.1) is 9.90 Å². The highest BCUT2D eigenvalue weighted by Crippen LogP contribution is 2.36. The summed E-state index contributed by atoms with van der Waals surface area (Å²) in [7, 11) is 0. The van der Waals surface area contributed by atoms with Crippen LogP contribution in [0.1, 0.15) is 5.56 Å². The number of thiophene rings is 1. The molecule has 2 aromatic carbocycles. The van der Waals surface area contributed by atoms with Crippen molar-refractivity contribution in [3.05, 3.63) is 81.2 Å². The fraction of sp³-hybridized carbons (Fsp3) is 0. The van der Waals surface area contributed by atoms with E-state index in [4.69, 9.17) is 35.4 Å². The maximum atomic E-state index is 13.1. The highest BCUT2D eigenvalue weighted by atomic mass is 35.5. The Kier molecular flexibility index (Phi) is 6.26. The second-order valence-electron chi connectivity index (χ2n) is 6.15. The fourth-order valence-corrected chi connectivity index (χ4v) is 5.26. The van der Waals surface area contributed by atoms with Crippen LogP contribution in [-0.4, -0.2) is 16.9 Å². The molecule has 1 saturated heterocycles. The molecule has 0 saturated carbocycles. The number of carbonyl (C=O) groups is 2. The summed E-state index contributed by atoms with van der Waals surface area (Å²) in [5, 5.41) is 5.74. The van der Waals surface area contributed by atoms with Crippen LogP contribution in [0.3, 0.4) is 0 Å². The van der Waals surface area contributed by atoms with Crippen LogP contribution in [0.15, 0.2) is 74.7 Å². The second-order valence-corrected chi connectivity index (χ2v) is 9.67. The number of rotatable bonds is 4. The number of carbonyl (C=O) groups excluding carboxylic acids is 2. The van der Waals surface area contributed by atoms with Gasteiger partial charge in [-0.25, -0.2) is 0 Å². The van der Waals surface area contributed by atoms with Crippen LogP contribution in [0.4, 0.5) is 5.69 Å². The molecule has 0 atom stereocenters. The lowest BCUT2D eigenvalue weighted by Crippen LogP contribution is -2.54. The maximum absolute atomic E-state index is 13.1. The molecule has 1 aliphatic rings. The van der Waals surface area contributed by atoms with Crippen molar-refractivity contribution in [2.24, 2.45) is 0 Å². The van der Waals surface area contributed by atoms with Gasteiger partial charge in [0.2, 0.25) is 0 Å². The number of amides is 2. The van der Waals surface area contributed by atoms with Crippen molar-refractivity contribution in [3.8, 4) is 0 Å². The number of nitrogens with one attached hydrogen (secondary N) is 1. The lowest BCUT2D eigenvalue weighted by molar-refractivity contribution is -0.122. The summed E-state index contributed by atoms with van der Waals surface area (Å²) in [5.41, 5.74) is 1.32. The number of thiocarbonyl (C=S) groups is 1. The smallest absolute Gasteiger partial charge is 0.270 e. The van der Waals surface area contributed by atoms with Crippen molar-refractivity contribution in [3.63, 3.8) is 0 Å². The van der Waals surface area contributed by atoms with Gasteiger partial charge in [0.1, 0.15) is 5.57 Å². The Morgan fingerprint density at radius 1 is 0.967 bits per heavy atom. The van der Waals surface area contributed by atoms with E-state index >= 15 is 0 Å². The Hall–Kier alpha value is -2.16. The molecule has 0 radical (unpaired) electrons. The minimum atomic E-state index is -0.524. The van der Waals surface area contributed by atoms with Crippen LogP contribution in [-0.2, 0) is 9.59 Å². The number of halogens is 2. The maximum Gasteiger partial charge on any atom is 0.270 e. The molecular formula is C21H12Cl2N2O2S3. The van der Waals surface area contributed by atoms with Gasteiger partial charge in [-0.15, -0.1) is 11.3 Å². The Balaban J connectivity index is 1.66. The summed E-state index contributed by atoms with van der Waals surface area (Å²) in [6, 6.07) is 16.0. The molecule has 30 heavy (non-hydrogen) atoms. The van der Waals surface area contributed by atoms with E-state index in [-0.39, 0.29) is 10.7 Å². The zero-order chi connectivity index (χ0) is 21.3. The van der Waals surface area contributed by atoms with Gasteiger partial charge in [-0.1, -0.05) is 35.0 Å². The molecule has 9 heteroatoms. The van der Waals surface area contributed by atoms with E-state index in [1.165, 1.54) is 28.0 Å².